The third kappa shape index (κ3) is 5.80. The van der Waals surface area contributed by atoms with Gasteiger partial charge < -0.3 is 4.90 Å². The summed E-state index contributed by atoms with van der Waals surface area (Å²) >= 11 is 3.30. The van der Waals surface area contributed by atoms with Crippen LogP contribution < -0.4 is 0 Å². The summed E-state index contributed by atoms with van der Waals surface area (Å²) in [5, 5.41) is 4.16. The number of rotatable bonds is 6. The largest absolute Gasteiger partial charge is 0.340 e. The maximum atomic E-state index is 12.7. The highest BCUT2D eigenvalue weighted by Crippen LogP contribution is 2.26. The Morgan fingerprint density at radius 2 is 1.73 bits per heavy atom. The average Bonchev–Trinajstić information content (AvgIpc) is 3.16. The molecule has 0 bridgehead atoms. The molecule has 0 aliphatic carbocycles. The van der Waals surface area contributed by atoms with Gasteiger partial charge in [0.1, 0.15) is 0 Å². The smallest absolute Gasteiger partial charge is 0.222 e. The molecule has 1 aliphatic heterocycles. The van der Waals surface area contributed by atoms with Gasteiger partial charge in [-0.1, -0.05) is 32.5 Å². The van der Waals surface area contributed by atoms with Gasteiger partial charge in [-0.2, -0.15) is 0 Å². The van der Waals surface area contributed by atoms with Crippen LogP contribution in [-0.2, 0) is 23.2 Å². The van der Waals surface area contributed by atoms with Crippen molar-refractivity contribution in [1.82, 2.24) is 24.8 Å². The lowest BCUT2D eigenvalue weighted by Crippen LogP contribution is -2.48. The average molecular weight is 448 g/mol. The molecular formula is C22H33N5OS2. The number of nitrogens with zero attached hydrogens (tertiary/aromatic N) is 5. The van der Waals surface area contributed by atoms with Crippen molar-refractivity contribution in [3.63, 3.8) is 0 Å². The molecule has 0 N–H and O–H groups in total. The Hall–Kier alpha value is -1.51. The molecule has 0 saturated carbocycles. The van der Waals surface area contributed by atoms with Crippen LogP contribution in [0.15, 0.2) is 10.5 Å². The molecule has 2 aromatic rings. The van der Waals surface area contributed by atoms with Crippen LogP contribution in [0.1, 0.15) is 54.8 Å². The summed E-state index contributed by atoms with van der Waals surface area (Å²) in [7, 11) is 0. The molecule has 0 radical (unpaired) electrons. The van der Waals surface area contributed by atoms with E-state index in [-0.39, 0.29) is 11.3 Å². The quantitative estimate of drug-likeness (QED) is 0.495. The number of aryl methyl sites for hydroxylation is 2. The van der Waals surface area contributed by atoms with Gasteiger partial charge >= 0.3 is 0 Å². The SMILES string of the molecule is CSc1nc(C)c(CCC(=O)N2CCN(Cc3csc(C(C)(C)C)n3)CC2)c(C)n1. The summed E-state index contributed by atoms with van der Waals surface area (Å²) in [6.45, 7) is 14.9. The van der Waals surface area contributed by atoms with E-state index in [4.69, 9.17) is 4.98 Å². The van der Waals surface area contributed by atoms with Gasteiger partial charge in [0.05, 0.1) is 10.7 Å². The van der Waals surface area contributed by atoms with Gasteiger partial charge in [-0.05, 0) is 32.1 Å². The maximum absolute atomic E-state index is 12.7. The number of carbonyl (C=O) groups is 1. The van der Waals surface area contributed by atoms with Crippen molar-refractivity contribution < 1.29 is 4.79 Å². The highest BCUT2D eigenvalue weighted by Gasteiger charge is 2.23. The van der Waals surface area contributed by atoms with E-state index in [2.05, 4.69) is 41.0 Å². The molecule has 1 aliphatic rings. The molecule has 0 atom stereocenters. The van der Waals surface area contributed by atoms with Crippen LogP contribution in [0.2, 0.25) is 0 Å². The molecule has 2 aromatic heterocycles. The van der Waals surface area contributed by atoms with Gasteiger partial charge in [0.15, 0.2) is 5.16 Å². The first-order valence-electron chi connectivity index (χ1n) is 10.5. The first-order valence-corrected chi connectivity index (χ1v) is 12.6. The summed E-state index contributed by atoms with van der Waals surface area (Å²) in [6.07, 6.45) is 3.21. The van der Waals surface area contributed by atoms with Gasteiger partial charge in [0.2, 0.25) is 5.91 Å². The molecule has 3 heterocycles. The Morgan fingerprint density at radius 3 is 2.27 bits per heavy atom. The van der Waals surface area contributed by atoms with Gasteiger partial charge in [0, 0.05) is 61.3 Å². The van der Waals surface area contributed by atoms with E-state index >= 15 is 0 Å². The second kappa shape index (κ2) is 9.75. The van der Waals surface area contributed by atoms with Crippen LogP contribution in [-0.4, -0.2) is 63.1 Å². The van der Waals surface area contributed by atoms with Crippen molar-refractivity contribution in [2.45, 2.75) is 64.6 Å². The van der Waals surface area contributed by atoms with E-state index in [1.165, 1.54) is 5.01 Å². The third-order valence-corrected chi connectivity index (χ3v) is 7.34. The summed E-state index contributed by atoms with van der Waals surface area (Å²) in [5.41, 5.74) is 4.33. The fourth-order valence-electron chi connectivity index (χ4n) is 3.66. The predicted molar refractivity (Wildman–Crippen MR) is 124 cm³/mol. The van der Waals surface area contributed by atoms with Crippen molar-refractivity contribution >= 4 is 29.0 Å². The Morgan fingerprint density at radius 1 is 1.10 bits per heavy atom. The number of hydrogen-bond donors (Lipinski definition) is 0. The number of amides is 1. The minimum Gasteiger partial charge on any atom is -0.340 e. The molecule has 0 spiro atoms. The van der Waals surface area contributed by atoms with Crippen molar-refractivity contribution in [2.24, 2.45) is 0 Å². The number of thioether (sulfide) groups is 1. The van der Waals surface area contributed by atoms with E-state index < -0.39 is 0 Å². The monoisotopic (exact) mass is 447 g/mol. The lowest BCUT2D eigenvalue weighted by molar-refractivity contribution is -0.133. The first kappa shape index (κ1) is 23.2. The molecule has 8 heteroatoms. The maximum Gasteiger partial charge on any atom is 0.222 e. The first-order chi connectivity index (χ1) is 14.2. The van der Waals surface area contributed by atoms with E-state index in [0.29, 0.717) is 12.8 Å². The molecule has 1 fully saturated rings. The van der Waals surface area contributed by atoms with Crippen molar-refractivity contribution in [2.75, 3.05) is 32.4 Å². The Labute approximate surface area is 188 Å². The van der Waals surface area contributed by atoms with Crippen LogP contribution in [0, 0.1) is 13.8 Å². The second-order valence-corrected chi connectivity index (χ2v) is 10.5. The summed E-state index contributed by atoms with van der Waals surface area (Å²) in [5.74, 6) is 0.228. The summed E-state index contributed by atoms with van der Waals surface area (Å²) < 4.78 is 0. The number of carbonyl (C=O) groups excluding carboxylic acids is 1. The molecule has 1 amide bonds. The number of thiazole rings is 1. The normalized spacial score (nSPS) is 15.6. The Kier molecular flexibility index (Phi) is 7.52. The predicted octanol–water partition coefficient (Wildman–Crippen LogP) is 3.85. The lowest BCUT2D eigenvalue weighted by Gasteiger charge is -2.34. The molecule has 30 heavy (non-hydrogen) atoms. The molecule has 0 aromatic carbocycles. The minimum atomic E-state index is 0.103. The Bertz CT molecular complexity index is 859. The topological polar surface area (TPSA) is 62.2 Å². The standard InChI is InChI=1S/C22H33N5OS2/c1-15-18(16(2)24-21(23-15)29-6)7-8-19(28)27-11-9-26(10-12-27)13-17-14-30-20(25-17)22(3,4)5/h14H,7-13H2,1-6H3. The van der Waals surface area contributed by atoms with Crippen molar-refractivity contribution in [3.8, 4) is 0 Å². The number of aromatic nitrogens is 3. The minimum absolute atomic E-state index is 0.103. The molecule has 6 nitrogen and oxygen atoms in total. The van der Waals surface area contributed by atoms with E-state index in [9.17, 15) is 4.79 Å². The van der Waals surface area contributed by atoms with E-state index in [1.54, 1.807) is 23.1 Å². The molecule has 0 unspecified atom stereocenters. The number of piperazine rings is 1. The summed E-state index contributed by atoms with van der Waals surface area (Å²) in [4.78, 5) is 31.0. The van der Waals surface area contributed by atoms with E-state index in [1.807, 2.05) is 25.0 Å². The zero-order chi connectivity index (χ0) is 21.9. The molecular weight excluding hydrogens is 414 g/mol. The summed E-state index contributed by atoms with van der Waals surface area (Å²) in [6, 6.07) is 0. The highest BCUT2D eigenvalue weighted by molar-refractivity contribution is 7.98. The zero-order valence-electron chi connectivity index (χ0n) is 19.0. The third-order valence-electron chi connectivity index (χ3n) is 5.48. The van der Waals surface area contributed by atoms with Crippen LogP contribution in [0.25, 0.3) is 0 Å². The molecule has 3 rings (SSSR count). The van der Waals surface area contributed by atoms with Crippen LogP contribution >= 0.6 is 23.1 Å². The van der Waals surface area contributed by atoms with Gasteiger partial charge in [-0.25, -0.2) is 15.0 Å². The van der Waals surface area contributed by atoms with Crippen LogP contribution in [0.5, 0.6) is 0 Å². The van der Waals surface area contributed by atoms with Gasteiger partial charge in [0.25, 0.3) is 0 Å². The fourth-order valence-corrected chi connectivity index (χ4v) is 5.02. The fraction of sp³-hybridized carbons (Fsp3) is 0.636. The van der Waals surface area contributed by atoms with Gasteiger partial charge in [-0.3, -0.25) is 9.69 Å². The van der Waals surface area contributed by atoms with Crippen LogP contribution in [0.4, 0.5) is 0 Å². The van der Waals surface area contributed by atoms with Gasteiger partial charge in [-0.15, -0.1) is 11.3 Å². The molecule has 164 valence electrons. The van der Waals surface area contributed by atoms with E-state index in [0.717, 1.165) is 60.5 Å². The van der Waals surface area contributed by atoms with Crippen molar-refractivity contribution in [3.05, 3.63) is 33.0 Å². The van der Waals surface area contributed by atoms with Crippen molar-refractivity contribution in [1.29, 1.82) is 0 Å². The molecule has 1 saturated heterocycles. The zero-order valence-corrected chi connectivity index (χ0v) is 20.6. The second-order valence-electron chi connectivity index (χ2n) is 8.91. The van der Waals surface area contributed by atoms with Crippen LogP contribution in [0.3, 0.4) is 0 Å². The lowest BCUT2D eigenvalue weighted by atomic mass is 9.98. The Balaban J connectivity index is 1.48. The highest BCUT2D eigenvalue weighted by atomic mass is 32.2. The number of hydrogen-bond acceptors (Lipinski definition) is 7.